The van der Waals surface area contributed by atoms with Gasteiger partial charge in [-0.2, -0.15) is 0 Å². The largest absolute Gasteiger partial charge is 0.502 e. The fourth-order valence-corrected chi connectivity index (χ4v) is 2.71. The maximum atomic E-state index is 12.6. The van der Waals surface area contributed by atoms with Crippen LogP contribution in [0.3, 0.4) is 0 Å². The van der Waals surface area contributed by atoms with E-state index in [0.29, 0.717) is 39.2 Å². The lowest BCUT2D eigenvalue weighted by molar-refractivity contribution is -0.385. The lowest BCUT2D eigenvalue weighted by Gasteiger charge is -2.21. The second-order valence-electron chi connectivity index (χ2n) is 5.69. The molecule has 0 unspecified atom stereocenters. The van der Waals surface area contributed by atoms with Gasteiger partial charge in [-0.25, -0.2) is 0 Å². The normalized spacial score (nSPS) is 15.5. The van der Waals surface area contributed by atoms with Crippen molar-refractivity contribution in [1.29, 1.82) is 0 Å². The molecule has 0 saturated carbocycles. The number of benzene rings is 1. The third kappa shape index (κ3) is 4.90. The molecule has 25 heavy (non-hydrogen) atoms. The van der Waals surface area contributed by atoms with Crippen molar-refractivity contribution in [2.24, 2.45) is 0 Å². The van der Waals surface area contributed by atoms with E-state index in [1.807, 2.05) is 4.90 Å². The summed E-state index contributed by atoms with van der Waals surface area (Å²) in [7, 11) is 0. The van der Waals surface area contributed by atoms with Crippen LogP contribution in [-0.4, -0.2) is 71.0 Å². The zero-order chi connectivity index (χ0) is 18.4. The molecule has 1 N–H and O–H groups in total. The van der Waals surface area contributed by atoms with Gasteiger partial charge in [-0.3, -0.25) is 24.6 Å². The summed E-state index contributed by atoms with van der Waals surface area (Å²) in [6.07, 6.45) is 0.699. The van der Waals surface area contributed by atoms with E-state index < -0.39 is 16.4 Å². The molecular weight excluding hydrogens is 330 g/mol. The minimum absolute atomic E-state index is 0.189. The molecule has 0 spiro atoms. The van der Waals surface area contributed by atoms with Crippen LogP contribution in [-0.2, 0) is 9.53 Å². The van der Waals surface area contributed by atoms with E-state index in [-0.39, 0.29) is 24.0 Å². The Morgan fingerprint density at radius 3 is 2.68 bits per heavy atom. The average Bonchev–Trinajstić information content (AvgIpc) is 2.79. The smallest absolute Gasteiger partial charge is 0.320 e. The van der Waals surface area contributed by atoms with Gasteiger partial charge in [0.2, 0.25) is 0 Å². The second-order valence-corrected chi connectivity index (χ2v) is 5.69. The lowest BCUT2D eigenvalue weighted by Crippen LogP contribution is -2.37. The highest BCUT2D eigenvalue weighted by atomic mass is 16.6. The number of nitrogens with zero attached hydrogens (tertiary/aromatic N) is 3. The van der Waals surface area contributed by atoms with Gasteiger partial charge in [0.15, 0.2) is 5.75 Å². The first-order chi connectivity index (χ1) is 11.9. The van der Waals surface area contributed by atoms with Crippen LogP contribution in [0.1, 0.15) is 23.7 Å². The van der Waals surface area contributed by atoms with Crippen LogP contribution in [0.25, 0.3) is 0 Å². The van der Waals surface area contributed by atoms with E-state index >= 15 is 0 Å². The van der Waals surface area contributed by atoms with Crippen molar-refractivity contribution in [1.82, 2.24) is 9.80 Å². The molecule has 1 aliphatic rings. The summed E-state index contributed by atoms with van der Waals surface area (Å²) in [5.41, 5.74) is -0.241. The van der Waals surface area contributed by atoms with Crippen LogP contribution in [0, 0.1) is 10.1 Å². The van der Waals surface area contributed by atoms with Gasteiger partial charge in [0, 0.05) is 37.8 Å². The van der Waals surface area contributed by atoms with Crippen LogP contribution in [0.15, 0.2) is 18.2 Å². The number of rotatable bonds is 5. The van der Waals surface area contributed by atoms with Gasteiger partial charge in [0.1, 0.15) is 0 Å². The Bertz CT molecular complexity index is 663. The number of amides is 1. The van der Waals surface area contributed by atoms with E-state index in [0.717, 1.165) is 12.1 Å². The summed E-state index contributed by atoms with van der Waals surface area (Å²) in [5.74, 6) is -1.12. The number of ether oxygens (including phenoxy) is 1. The topological polar surface area (TPSA) is 113 Å². The third-order valence-corrected chi connectivity index (χ3v) is 3.95. The van der Waals surface area contributed by atoms with E-state index in [1.165, 1.54) is 6.07 Å². The number of esters is 1. The first kappa shape index (κ1) is 18.7. The van der Waals surface area contributed by atoms with Gasteiger partial charge in [-0.15, -0.1) is 0 Å². The highest BCUT2D eigenvalue weighted by Crippen LogP contribution is 2.26. The molecule has 0 bridgehead atoms. The van der Waals surface area contributed by atoms with E-state index in [9.17, 15) is 24.8 Å². The molecule has 1 aromatic carbocycles. The average molecular weight is 351 g/mol. The molecule has 1 aromatic rings. The number of nitro groups is 1. The number of aromatic hydroxyl groups is 1. The van der Waals surface area contributed by atoms with E-state index in [1.54, 1.807) is 11.8 Å². The Hall–Kier alpha value is -2.68. The number of phenols is 1. The molecule has 0 atom stereocenters. The number of carbonyl (C=O) groups excluding carboxylic acids is 2. The summed E-state index contributed by atoms with van der Waals surface area (Å²) in [6, 6.07) is 3.57. The van der Waals surface area contributed by atoms with Crippen molar-refractivity contribution < 1.29 is 24.4 Å². The van der Waals surface area contributed by atoms with Gasteiger partial charge in [-0.05, 0) is 25.5 Å². The van der Waals surface area contributed by atoms with Crippen LogP contribution >= 0.6 is 0 Å². The molecule has 2 rings (SSSR count). The number of carbonyl (C=O) groups is 2. The first-order valence-corrected chi connectivity index (χ1v) is 8.07. The quantitative estimate of drug-likeness (QED) is 0.478. The zero-order valence-electron chi connectivity index (χ0n) is 14.0. The lowest BCUT2D eigenvalue weighted by atomic mass is 10.1. The minimum Gasteiger partial charge on any atom is -0.502 e. The molecule has 0 aromatic heterocycles. The highest BCUT2D eigenvalue weighted by molar-refractivity contribution is 5.95. The predicted octanol–water partition coefficient (Wildman–Crippen LogP) is 1.01. The molecule has 1 heterocycles. The maximum absolute atomic E-state index is 12.6. The van der Waals surface area contributed by atoms with Crippen LogP contribution in [0.5, 0.6) is 5.75 Å². The minimum atomic E-state index is -0.706. The van der Waals surface area contributed by atoms with Crippen molar-refractivity contribution in [3.8, 4) is 5.75 Å². The van der Waals surface area contributed by atoms with Gasteiger partial charge < -0.3 is 14.7 Å². The van der Waals surface area contributed by atoms with Crippen LogP contribution in [0.2, 0.25) is 0 Å². The van der Waals surface area contributed by atoms with Crippen LogP contribution in [0.4, 0.5) is 5.69 Å². The van der Waals surface area contributed by atoms with Crippen molar-refractivity contribution >= 4 is 17.6 Å². The first-order valence-electron chi connectivity index (χ1n) is 8.07. The number of hydrogen-bond acceptors (Lipinski definition) is 7. The van der Waals surface area contributed by atoms with Gasteiger partial charge in [-0.1, -0.05) is 0 Å². The Kier molecular flexibility index (Phi) is 6.29. The summed E-state index contributed by atoms with van der Waals surface area (Å²) in [5, 5.41) is 20.4. The fraction of sp³-hybridized carbons (Fsp3) is 0.500. The van der Waals surface area contributed by atoms with Crippen molar-refractivity contribution in [3.05, 3.63) is 33.9 Å². The molecule has 136 valence electrons. The van der Waals surface area contributed by atoms with Crippen molar-refractivity contribution in [3.63, 3.8) is 0 Å². The summed E-state index contributed by atoms with van der Waals surface area (Å²) >= 11 is 0. The van der Waals surface area contributed by atoms with Crippen LogP contribution < -0.4 is 0 Å². The predicted molar refractivity (Wildman–Crippen MR) is 88.4 cm³/mol. The molecule has 1 saturated heterocycles. The Morgan fingerprint density at radius 2 is 2.04 bits per heavy atom. The monoisotopic (exact) mass is 351 g/mol. The molecule has 0 aliphatic carbocycles. The molecule has 1 fully saturated rings. The van der Waals surface area contributed by atoms with Gasteiger partial charge in [0.05, 0.1) is 18.1 Å². The summed E-state index contributed by atoms with van der Waals surface area (Å²) in [4.78, 5) is 37.7. The van der Waals surface area contributed by atoms with E-state index in [4.69, 9.17) is 4.74 Å². The molecule has 9 heteroatoms. The van der Waals surface area contributed by atoms with Crippen molar-refractivity contribution in [2.45, 2.75) is 13.3 Å². The zero-order valence-corrected chi connectivity index (χ0v) is 14.0. The SMILES string of the molecule is CCOC(=O)CN1CCCN(C(=O)c2ccc([N+](=O)[O-])c(O)c2)CC1. The highest BCUT2D eigenvalue weighted by Gasteiger charge is 2.23. The number of nitro benzene ring substituents is 1. The molecule has 1 aliphatic heterocycles. The molecule has 0 radical (unpaired) electrons. The van der Waals surface area contributed by atoms with Gasteiger partial charge >= 0.3 is 11.7 Å². The molecular formula is C16H21N3O6. The summed E-state index contributed by atoms with van der Waals surface area (Å²) in [6.45, 7) is 4.42. The Morgan fingerprint density at radius 1 is 1.28 bits per heavy atom. The molecule has 1 amide bonds. The maximum Gasteiger partial charge on any atom is 0.320 e. The van der Waals surface area contributed by atoms with Gasteiger partial charge in [0.25, 0.3) is 5.91 Å². The fourth-order valence-electron chi connectivity index (χ4n) is 2.71. The summed E-state index contributed by atoms with van der Waals surface area (Å²) < 4.78 is 4.93. The number of hydrogen-bond donors (Lipinski definition) is 1. The van der Waals surface area contributed by atoms with Crippen molar-refractivity contribution in [2.75, 3.05) is 39.3 Å². The second kappa shape index (κ2) is 8.43. The van der Waals surface area contributed by atoms with E-state index in [2.05, 4.69) is 0 Å². The Balaban J connectivity index is 2.00. The Labute approximate surface area is 144 Å². The molecule has 9 nitrogen and oxygen atoms in total. The number of phenolic OH excluding ortho intramolecular Hbond substituents is 1. The standard InChI is InChI=1S/C16H21N3O6/c1-2-25-15(21)11-17-6-3-7-18(9-8-17)16(22)12-4-5-13(19(23)24)14(20)10-12/h4-5,10,20H,2-3,6-9,11H2,1H3. The third-order valence-electron chi connectivity index (χ3n) is 3.95.